The molecule has 1 aliphatic rings. The van der Waals surface area contributed by atoms with Crippen LogP contribution in [0.25, 0.3) is 0 Å². The molecule has 0 spiro atoms. The van der Waals surface area contributed by atoms with E-state index >= 15 is 0 Å². The summed E-state index contributed by atoms with van der Waals surface area (Å²) in [5.74, 6) is 0.778. The predicted molar refractivity (Wildman–Crippen MR) is 69.5 cm³/mol. The molecule has 0 aromatic heterocycles. The SMILES string of the molecule is CCC(C)(O)COc1cccc2c1CC/C2=N\O. The second-order valence-corrected chi connectivity index (χ2v) is 4.97. The van der Waals surface area contributed by atoms with Crippen molar-refractivity contribution in [3.63, 3.8) is 0 Å². The number of aliphatic hydroxyl groups is 1. The summed E-state index contributed by atoms with van der Waals surface area (Å²) in [5, 5.41) is 22.2. The first kappa shape index (κ1) is 12.9. The first-order valence-electron chi connectivity index (χ1n) is 6.26. The molecular formula is C14H19NO3. The summed E-state index contributed by atoms with van der Waals surface area (Å²) in [6.45, 7) is 3.96. The van der Waals surface area contributed by atoms with E-state index < -0.39 is 5.60 Å². The Morgan fingerprint density at radius 3 is 2.83 bits per heavy atom. The van der Waals surface area contributed by atoms with Gasteiger partial charge in [0.2, 0.25) is 0 Å². The van der Waals surface area contributed by atoms with Gasteiger partial charge in [0.05, 0.1) is 11.3 Å². The Kier molecular flexibility index (Phi) is 3.57. The van der Waals surface area contributed by atoms with Gasteiger partial charge in [-0.15, -0.1) is 0 Å². The molecule has 0 amide bonds. The van der Waals surface area contributed by atoms with Crippen molar-refractivity contribution in [2.24, 2.45) is 5.16 Å². The van der Waals surface area contributed by atoms with E-state index in [1.807, 2.05) is 25.1 Å². The molecule has 1 aromatic carbocycles. The fourth-order valence-electron chi connectivity index (χ4n) is 2.05. The fraction of sp³-hybridized carbons (Fsp3) is 0.500. The van der Waals surface area contributed by atoms with Gasteiger partial charge in [-0.1, -0.05) is 24.2 Å². The van der Waals surface area contributed by atoms with E-state index in [9.17, 15) is 5.11 Å². The van der Waals surface area contributed by atoms with Crippen LogP contribution >= 0.6 is 0 Å². The second-order valence-electron chi connectivity index (χ2n) is 4.97. The minimum absolute atomic E-state index is 0.269. The lowest BCUT2D eigenvalue weighted by Gasteiger charge is -2.22. The lowest BCUT2D eigenvalue weighted by atomic mass is 10.1. The van der Waals surface area contributed by atoms with Crippen molar-refractivity contribution < 1.29 is 15.1 Å². The monoisotopic (exact) mass is 249 g/mol. The van der Waals surface area contributed by atoms with Crippen LogP contribution in [0.1, 0.15) is 37.8 Å². The maximum Gasteiger partial charge on any atom is 0.123 e. The number of benzene rings is 1. The summed E-state index contributed by atoms with van der Waals surface area (Å²) in [5.41, 5.74) is 1.91. The van der Waals surface area contributed by atoms with Gasteiger partial charge < -0.3 is 15.1 Å². The normalized spacial score (nSPS) is 19.6. The minimum Gasteiger partial charge on any atom is -0.490 e. The van der Waals surface area contributed by atoms with Crippen molar-refractivity contribution >= 4 is 5.71 Å². The van der Waals surface area contributed by atoms with Crippen LogP contribution in [0.2, 0.25) is 0 Å². The van der Waals surface area contributed by atoms with Gasteiger partial charge in [-0.25, -0.2) is 0 Å². The molecule has 1 unspecified atom stereocenters. The zero-order valence-corrected chi connectivity index (χ0v) is 10.8. The predicted octanol–water partition coefficient (Wildman–Crippen LogP) is 2.35. The Balaban J connectivity index is 2.19. The molecule has 2 N–H and O–H groups in total. The quantitative estimate of drug-likeness (QED) is 0.636. The van der Waals surface area contributed by atoms with Gasteiger partial charge >= 0.3 is 0 Å². The van der Waals surface area contributed by atoms with Gasteiger partial charge in [-0.2, -0.15) is 0 Å². The topological polar surface area (TPSA) is 62.0 Å². The van der Waals surface area contributed by atoms with E-state index in [-0.39, 0.29) is 6.61 Å². The fourth-order valence-corrected chi connectivity index (χ4v) is 2.05. The van der Waals surface area contributed by atoms with Gasteiger partial charge in [-0.3, -0.25) is 0 Å². The van der Waals surface area contributed by atoms with Crippen LogP contribution in [0.5, 0.6) is 5.75 Å². The maximum absolute atomic E-state index is 9.94. The summed E-state index contributed by atoms with van der Waals surface area (Å²) in [6, 6.07) is 5.71. The number of hydrogen-bond acceptors (Lipinski definition) is 4. The van der Waals surface area contributed by atoms with Crippen molar-refractivity contribution in [2.75, 3.05) is 6.61 Å². The van der Waals surface area contributed by atoms with Gasteiger partial charge in [0.1, 0.15) is 12.4 Å². The van der Waals surface area contributed by atoms with Crippen LogP contribution in [-0.4, -0.2) is 28.2 Å². The van der Waals surface area contributed by atoms with Crippen LogP contribution in [0.4, 0.5) is 0 Å². The summed E-state index contributed by atoms with van der Waals surface area (Å²) in [6.07, 6.45) is 2.20. The largest absolute Gasteiger partial charge is 0.490 e. The third-order valence-electron chi connectivity index (χ3n) is 3.48. The van der Waals surface area contributed by atoms with Crippen LogP contribution in [0.15, 0.2) is 23.4 Å². The molecule has 0 radical (unpaired) electrons. The maximum atomic E-state index is 9.94. The smallest absolute Gasteiger partial charge is 0.123 e. The van der Waals surface area contributed by atoms with Gasteiger partial charge in [-0.05, 0) is 32.3 Å². The van der Waals surface area contributed by atoms with Crippen LogP contribution in [-0.2, 0) is 6.42 Å². The Bertz CT molecular complexity index is 466. The average molecular weight is 249 g/mol. The molecule has 18 heavy (non-hydrogen) atoms. The highest BCUT2D eigenvalue weighted by Crippen LogP contribution is 2.31. The molecule has 4 nitrogen and oxygen atoms in total. The van der Waals surface area contributed by atoms with Crippen molar-refractivity contribution in [3.8, 4) is 5.75 Å². The Morgan fingerprint density at radius 2 is 2.17 bits per heavy atom. The first-order chi connectivity index (χ1) is 8.57. The number of fused-ring (bicyclic) bond motifs is 1. The number of hydrogen-bond donors (Lipinski definition) is 2. The highest BCUT2D eigenvalue weighted by molar-refractivity contribution is 6.04. The minimum atomic E-state index is -0.810. The molecule has 0 aliphatic heterocycles. The molecule has 4 heteroatoms. The lowest BCUT2D eigenvalue weighted by Crippen LogP contribution is -2.31. The Morgan fingerprint density at radius 1 is 1.39 bits per heavy atom. The van der Waals surface area contributed by atoms with Crippen molar-refractivity contribution in [2.45, 2.75) is 38.7 Å². The molecule has 2 rings (SSSR count). The third kappa shape index (κ3) is 2.48. The number of oxime groups is 1. The average Bonchev–Trinajstić information content (AvgIpc) is 2.80. The van der Waals surface area contributed by atoms with Crippen LogP contribution in [0, 0.1) is 0 Å². The molecule has 1 aliphatic carbocycles. The summed E-state index contributed by atoms with van der Waals surface area (Å²) >= 11 is 0. The highest BCUT2D eigenvalue weighted by Gasteiger charge is 2.24. The van der Waals surface area contributed by atoms with E-state index in [1.165, 1.54) is 0 Å². The molecular weight excluding hydrogens is 230 g/mol. The van der Waals surface area contributed by atoms with Crippen LogP contribution < -0.4 is 4.74 Å². The number of nitrogens with zero attached hydrogens (tertiary/aromatic N) is 1. The van der Waals surface area contributed by atoms with Gasteiger partial charge in [0.15, 0.2) is 0 Å². The second kappa shape index (κ2) is 4.98. The van der Waals surface area contributed by atoms with E-state index in [2.05, 4.69) is 5.16 Å². The summed E-state index contributed by atoms with van der Waals surface area (Å²) < 4.78 is 5.71. The molecule has 0 fully saturated rings. The lowest BCUT2D eigenvalue weighted by molar-refractivity contribution is 0.00821. The van der Waals surface area contributed by atoms with E-state index in [1.54, 1.807) is 6.92 Å². The molecule has 0 heterocycles. The Labute approximate surface area is 107 Å². The first-order valence-corrected chi connectivity index (χ1v) is 6.26. The van der Waals surface area contributed by atoms with Crippen LogP contribution in [0.3, 0.4) is 0 Å². The van der Waals surface area contributed by atoms with Crippen molar-refractivity contribution in [3.05, 3.63) is 29.3 Å². The van der Waals surface area contributed by atoms with Crippen molar-refractivity contribution in [1.82, 2.24) is 0 Å². The molecule has 0 saturated heterocycles. The summed E-state index contributed by atoms with van der Waals surface area (Å²) in [7, 11) is 0. The Hall–Kier alpha value is -1.55. The van der Waals surface area contributed by atoms with E-state index in [0.29, 0.717) is 12.1 Å². The number of rotatable bonds is 4. The third-order valence-corrected chi connectivity index (χ3v) is 3.48. The standard InChI is InChI=1S/C14H19NO3/c1-3-14(2,16)9-18-13-6-4-5-10-11(13)7-8-12(10)15-17/h4-6,16-17H,3,7-9H2,1-2H3/b15-12+. The zero-order valence-electron chi connectivity index (χ0n) is 10.8. The molecule has 1 aromatic rings. The molecule has 1 atom stereocenters. The van der Waals surface area contributed by atoms with Gasteiger partial charge in [0, 0.05) is 11.1 Å². The molecule has 0 bridgehead atoms. The van der Waals surface area contributed by atoms with Gasteiger partial charge in [0.25, 0.3) is 0 Å². The zero-order chi connectivity index (χ0) is 13.2. The van der Waals surface area contributed by atoms with Crippen molar-refractivity contribution in [1.29, 1.82) is 0 Å². The number of ether oxygens (including phenoxy) is 1. The van der Waals surface area contributed by atoms with E-state index in [0.717, 1.165) is 29.7 Å². The van der Waals surface area contributed by atoms with E-state index in [4.69, 9.17) is 9.94 Å². The summed E-state index contributed by atoms with van der Waals surface area (Å²) in [4.78, 5) is 0. The molecule has 98 valence electrons. The highest BCUT2D eigenvalue weighted by atomic mass is 16.5. The molecule has 0 saturated carbocycles.